The molecule has 1 saturated heterocycles. The van der Waals surface area contributed by atoms with Crippen molar-refractivity contribution in [3.8, 4) is 0 Å². The highest BCUT2D eigenvalue weighted by atomic mass is 16.6. The average molecular weight is 477 g/mol. The van der Waals surface area contributed by atoms with Crippen LogP contribution in [-0.4, -0.2) is 23.8 Å². The maximum Gasteiger partial charge on any atom is 0.316 e. The quantitative estimate of drug-likeness (QED) is 0.420. The Morgan fingerprint density at radius 3 is 2.57 bits per heavy atom. The maximum absolute atomic E-state index is 13.5. The van der Waals surface area contributed by atoms with Gasteiger partial charge in [0.15, 0.2) is 0 Å². The van der Waals surface area contributed by atoms with Gasteiger partial charge in [-0.3, -0.25) is 14.4 Å². The van der Waals surface area contributed by atoms with E-state index in [1.807, 2.05) is 37.3 Å². The number of ketones is 1. The molecule has 0 N–H and O–H groups in total. The van der Waals surface area contributed by atoms with Crippen LogP contribution in [0, 0.1) is 33.5 Å². The Balaban J connectivity index is 1.24. The van der Waals surface area contributed by atoms with Crippen LogP contribution in [0.2, 0.25) is 0 Å². The van der Waals surface area contributed by atoms with E-state index in [-0.39, 0.29) is 47.1 Å². The molecule has 3 saturated carbocycles. The highest BCUT2D eigenvalue weighted by Crippen LogP contribution is 2.73. The van der Waals surface area contributed by atoms with Crippen molar-refractivity contribution in [1.29, 1.82) is 0 Å². The Hall–Kier alpha value is -2.43. The van der Waals surface area contributed by atoms with E-state index in [9.17, 15) is 14.4 Å². The number of ether oxygens (including phenoxy) is 2. The second-order valence-electron chi connectivity index (χ2n) is 12.7. The maximum atomic E-state index is 13.5. The number of benzene rings is 1. The third-order valence-electron chi connectivity index (χ3n) is 10.8. The molecule has 0 amide bonds. The lowest BCUT2D eigenvalue weighted by molar-refractivity contribution is -0.164. The second kappa shape index (κ2) is 7.54. The molecule has 1 unspecified atom stereocenters. The van der Waals surface area contributed by atoms with Gasteiger partial charge in [-0.1, -0.05) is 50.3 Å². The summed E-state index contributed by atoms with van der Waals surface area (Å²) in [5, 5.41) is 0. The monoisotopic (exact) mass is 476 g/mol. The first-order valence-corrected chi connectivity index (χ1v) is 13.3. The van der Waals surface area contributed by atoms with Crippen molar-refractivity contribution >= 4 is 17.7 Å². The summed E-state index contributed by atoms with van der Waals surface area (Å²) < 4.78 is 11.4. The molecule has 4 aliphatic carbocycles. The zero-order valence-corrected chi connectivity index (χ0v) is 21.1. The summed E-state index contributed by atoms with van der Waals surface area (Å²) in [6, 6.07) is 9.61. The molecule has 2 bridgehead atoms. The molecule has 1 aliphatic heterocycles. The number of esters is 2. The van der Waals surface area contributed by atoms with Crippen LogP contribution in [0.15, 0.2) is 42.0 Å². The van der Waals surface area contributed by atoms with E-state index in [1.54, 1.807) is 0 Å². The molecule has 5 nitrogen and oxygen atoms in total. The van der Waals surface area contributed by atoms with Gasteiger partial charge in [0.05, 0.1) is 11.8 Å². The largest absolute Gasteiger partial charge is 0.461 e. The predicted molar refractivity (Wildman–Crippen MR) is 130 cm³/mol. The molecule has 5 aliphatic rings. The Labute approximate surface area is 207 Å². The van der Waals surface area contributed by atoms with E-state index < -0.39 is 11.5 Å². The lowest BCUT2D eigenvalue weighted by atomic mass is 9.40. The molecule has 1 aromatic carbocycles. The van der Waals surface area contributed by atoms with Gasteiger partial charge in [-0.2, -0.15) is 0 Å². The van der Waals surface area contributed by atoms with E-state index in [0.29, 0.717) is 18.1 Å². The van der Waals surface area contributed by atoms with E-state index in [2.05, 4.69) is 19.9 Å². The zero-order valence-electron chi connectivity index (χ0n) is 21.1. The highest BCUT2D eigenvalue weighted by Gasteiger charge is 2.70. The number of carbonyl (C=O) groups excluding carboxylic acids is 3. The van der Waals surface area contributed by atoms with Gasteiger partial charge < -0.3 is 9.47 Å². The molecule has 5 heteroatoms. The summed E-state index contributed by atoms with van der Waals surface area (Å²) >= 11 is 0. The lowest BCUT2D eigenvalue weighted by Gasteiger charge is -2.62. The number of Topliss-reactive ketones (excluding diaryl/α,β-unsaturated/α-hetero) is 1. The molecule has 6 rings (SSSR count). The van der Waals surface area contributed by atoms with Gasteiger partial charge in [-0.25, -0.2) is 0 Å². The van der Waals surface area contributed by atoms with Gasteiger partial charge in [-0.05, 0) is 79.3 Å². The van der Waals surface area contributed by atoms with Crippen molar-refractivity contribution in [2.24, 2.45) is 33.5 Å². The van der Waals surface area contributed by atoms with E-state index in [0.717, 1.165) is 49.7 Å². The Bertz CT molecular complexity index is 1120. The summed E-state index contributed by atoms with van der Waals surface area (Å²) in [5.41, 5.74) is 1.12. The van der Waals surface area contributed by atoms with Gasteiger partial charge in [0.25, 0.3) is 0 Å². The lowest BCUT2D eigenvalue weighted by Crippen LogP contribution is -2.57. The van der Waals surface area contributed by atoms with Crippen LogP contribution in [0.3, 0.4) is 0 Å². The van der Waals surface area contributed by atoms with Crippen molar-refractivity contribution in [3.63, 3.8) is 0 Å². The fraction of sp³-hybridized carbons (Fsp3) is 0.633. The van der Waals surface area contributed by atoms with Gasteiger partial charge in [-0.15, -0.1) is 0 Å². The van der Waals surface area contributed by atoms with Crippen LogP contribution >= 0.6 is 0 Å². The molecule has 4 fully saturated rings. The van der Waals surface area contributed by atoms with Crippen LogP contribution in [0.1, 0.15) is 77.7 Å². The van der Waals surface area contributed by atoms with Gasteiger partial charge in [0.1, 0.15) is 18.5 Å². The molecule has 0 aromatic heterocycles. The number of hydrogen-bond acceptors (Lipinski definition) is 5. The number of carbonyl (C=O) groups is 3. The molecule has 1 spiro atoms. The minimum Gasteiger partial charge on any atom is -0.461 e. The third-order valence-corrected chi connectivity index (χ3v) is 10.8. The number of cyclic esters (lactones) is 1. The van der Waals surface area contributed by atoms with E-state index >= 15 is 0 Å². The smallest absolute Gasteiger partial charge is 0.316 e. The second-order valence-corrected chi connectivity index (χ2v) is 12.7. The average Bonchev–Trinajstić information content (AvgIpc) is 3.17. The third kappa shape index (κ3) is 3.15. The molecule has 1 heterocycles. The molecular formula is C30H36O5. The number of fused-ring (bicyclic) bond motifs is 5. The summed E-state index contributed by atoms with van der Waals surface area (Å²) in [7, 11) is 0. The van der Waals surface area contributed by atoms with Crippen LogP contribution in [0.25, 0.3) is 0 Å². The molecule has 0 radical (unpaired) electrons. The van der Waals surface area contributed by atoms with Crippen LogP contribution < -0.4 is 0 Å². The van der Waals surface area contributed by atoms with E-state index in [1.165, 1.54) is 0 Å². The normalized spacial score (nSPS) is 43.5. The SMILES string of the molecule is C[C@@]12CC[C@@H]3[C@@](CC[C@@H]4[C@]5(C)C(=O)OC(CC(=O)OCc6ccccc6)C5=CC[C@@]34C)(CC1=O)C2. The summed E-state index contributed by atoms with van der Waals surface area (Å²) in [6.45, 7) is 6.80. The van der Waals surface area contributed by atoms with Gasteiger partial charge in [0, 0.05) is 11.8 Å². The fourth-order valence-electron chi connectivity index (χ4n) is 9.22. The fourth-order valence-corrected chi connectivity index (χ4v) is 9.22. The minimum absolute atomic E-state index is 0.0375. The van der Waals surface area contributed by atoms with Crippen molar-refractivity contribution in [3.05, 3.63) is 47.5 Å². The molecule has 186 valence electrons. The summed E-state index contributed by atoms with van der Waals surface area (Å²) in [6.07, 6.45) is 8.31. The zero-order chi connectivity index (χ0) is 24.6. The standard InChI is InChI=1S/C30H36O5/c1-27-12-10-23-28(2)13-9-20-21(15-25(32)34-17-19-7-5-4-6-8-19)35-26(33)29(20,3)22(28)11-14-30(23,18-27)16-24(27)31/h4-9,21-23H,10-18H2,1-3H3/t21?,22-,23-,27-,28+,29+,30-/m0/s1. The Morgan fingerprint density at radius 1 is 1.06 bits per heavy atom. The minimum atomic E-state index is -0.706. The summed E-state index contributed by atoms with van der Waals surface area (Å²) in [5.74, 6) is 0.534. The van der Waals surface area contributed by atoms with E-state index in [4.69, 9.17) is 9.47 Å². The molecule has 1 aromatic rings. The topological polar surface area (TPSA) is 69.7 Å². The van der Waals surface area contributed by atoms with Crippen LogP contribution in [0.5, 0.6) is 0 Å². The van der Waals surface area contributed by atoms with Gasteiger partial charge in [0.2, 0.25) is 0 Å². The number of rotatable bonds is 4. The number of hydrogen-bond donors (Lipinski definition) is 0. The predicted octanol–water partition coefficient (Wildman–Crippen LogP) is 5.56. The van der Waals surface area contributed by atoms with Gasteiger partial charge >= 0.3 is 11.9 Å². The summed E-state index contributed by atoms with van der Waals surface area (Å²) in [4.78, 5) is 39.1. The molecule has 35 heavy (non-hydrogen) atoms. The molecular weight excluding hydrogens is 440 g/mol. The highest BCUT2D eigenvalue weighted by molar-refractivity contribution is 5.89. The first-order chi connectivity index (χ1) is 16.6. The Kier molecular flexibility index (Phi) is 4.95. The van der Waals surface area contributed by atoms with Crippen LogP contribution in [0.4, 0.5) is 0 Å². The first kappa shape index (κ1) is 23.0. The first-order valence-electron chi connectivity index (χ1n) is 13.3. The number of allylic oxidation sites excluding steroid dienone is 1. The van der Waals surface area contributed by atoms with Crippen molar-refractivity contribution in [1.82, 2.24) is 0 Å². The molecule has 7 atom stereocenters. The van der Waals surface area contributed by atoms with Crippen molar-refractivity contribution < 1.29 is 23.9 Å². The van der Waals surface area contributed by atoms with Crippen molar-refractivity contribution in [2.75, 3.05) is 0 Å². The Morgan fingerprint density at radius 2 is 1.80 bits per heavy atom. The van der Waals surface area contributed by atoms with Crippen molar-refractivity contribution in [2.45, 2.75) is 84.8 Å². The van der Waals surface area contributed by atoms with Crippen LogP contribution in [-0.2, 0) is 30.5 Å².